The van der Waals surface area contributed by atoms with Crippen molar-refractivity contribution in [2.45, 2.75) is 58.2 Å². The van der Waals surface area contributed by atoms with Crippen molar-refractivity contribution in [3.8, 4) is 0 Å². The van der Waals surface area contributed by atoms with Gasteiger partial charge in [-0.1, -0.05) is 20.8 Å². The first-order valence-electron chi connectivity index (χ1n) is 8.15. The van der Waals surface area contributed by atoms with Crippen molar-refractivity contribution in [1.29, 1.82) is 0 Å². The van der Waals surface area contributed by atoms with E-state index in [0.29, 0.717) is 0 Å². The molecule has 0 radical (unpaired) electrons. The lowest BCUT2D eigenvalue weighted by Gasteiger charge is -2.31. The quantitative estimate of drug-likeness (QED) is 0.351. The highest BCUT2D eigenvalue weighted by molar-refractivity contribution is 6.05. The molecule has 4 atom stereocenters. The molecule has 5 N–H and O–H groups in total. The van der Waals surface area contributed by atoms with Gasteiger partial charge < -0.3 is 26.2 Å². The van der Waals surface area contributed by atoms with E-state index in [1.807, 2.05) is 20.8 Å². The summed E-state index contributed by atoms with van der Waals surface area (Å²) < 4.78 is 4.57. The zero-order valence-electron chi connectivity index (χ0n) is 15.0. The summed E-state index contributed by atoms with van der Waals surface area (Å²) in [6.45, 7) is 6.06. The van der Waals surface area contributed by atoms with Crippen molar-refractivity contribution in [2.24, 2.45) is 17.1 Å². The molecule has 0 aromatic rings. The molecular weight excluding hydrogens is 330 g/mol. The molecule has 0 aliphatic heterocycles. The van der Waals surface area contributed by atoms with Crippen molar-refractivity contribution in [3.63, 3.8) is 0 Å². The molecule has 1 fully saturated rings. The highest BCUT2D eigenvalue weighted by Crippen LogP contribution is 2.40. The van der Waals surface area contributed by atoms with Crippen LogP contribution < -0.4 is 16.4 Å². The van der Waals surface area contributed by atoms with Crippen LogP contribution in [0.4, 0.5) is 0 Å². The summed E-state index contributed by atoms with van der Waals surface area (Å²) in [7, 11) is 1.09. The van der Waals surface area contributed by atoms with Gasteiger partial charge in [-0.3, -0.25) is 14.4 Å². The number of carboxylic acid groups (broad SMARTS) is 1. The maximum Gasteiger partial charge on any atom is 0.338 e. The van der Waals surface area contributed by atoms with Gasteiger partial charge in [0.15, 0.2) is 0 Å². The summed E-state index contributed by atoms with van der Waals surface area (Å²) in [5, 5.41) is 13.7. The fourth-order valence-corrected chi connectivity index (χ4v) is 3.15. The number of nitrogens with one attached hydrogen (secondary N) is 2. The second-order valence-electron chi connectivity index (χ2n) is 7.16. The normalized spacial score (nSPS) is 24.0. The number of amides is 2. The minimum Gasteiger partial charge on any atom is -0.481 e. The lowest BCUT2D eigenvalue weighted by atomic mass is 9.85. The second-order valence-corrected chi connectivity index (χ2v) is 7.16. The highest BCUT2D eigenvalue weighted by atomic mass is 16.5. The molecule has 2 amide bonds. The van der Waals surface area contributed by atoms with E-state index in [2.05, 4.69) is 15.4 Å². The lowest BCUT2D eigenvalue weighted by Crippen LogP contribution is -2.58. The summed E-state index contributed by atoms with van der Waals surface area (Å²) in [5.74, 6) is -3.59. The van der Waals surface area contributed by atoms with Gasteiger partial charge in [0, 0.05) is 6.04 Å². The first-order valence-corrected chi connectivity index (χ1v) is 8.15. The molecular formula is C16H27N3O6. The molecule has 0 saturated heterocycles. The number of carbonyl (C=O) groups excluding carboxylic acids is 3. The van der Waals surface area contributed by atoms with Crippen LogP contribution in [0.2, 0.25) is 0 Å². The van der Waals surface area contributed by atoms with Crippen molar-refractivity contribution in [1.82, 2.24) is 10.6 Å². The first-order chi connectivity index (χ1) is 11.5. The summed E-state index contributed by atoms with van der Waals surface area (Å²) in [5.41, 5.74) is 5.32. The Hall–Kier alpha value is -2.16. The number of carboxylic acids is 1. The third-order valence-corrected chi connectivity index (χ3v) is 4.67. The molecule has 25 heavy (non-hydrogen) atoms. The summed E-state index contributed by atoms with van der Waals surface area (Å²) in [4.78, 5) is 47.0. The number of rotatable bonds is 7. The van der Waals surface area contributed by atoms with Crippen LogP contribution in [-0.4, -0.2) is 54.1 Å². The van der Waals surface area contributed by atoms with Crippen molar-refractivity contribution in [2.75, 3.05) is 7.11 Å². The Morgan fingerprint density at radius 2 is 1.88 bits per heavy atom. The molecule has 9 heteroatoms. The molecule has 1 aliphatic rings. The number of nitrogens with two attached hydrogens (primary N) is 1. The minimum atomic E-state index is -1.58. The molecule has 142 valence electrons. The van der Waals surface area contributed by atoms with Crippen molar-refractivity contribution >= 4 is 23.8 Å². The average Bonchev–Trinajstić information content (AvgIpc) is 2.77. The summed E-state index contributed by atoms with van der Waals surface area (Å²) >= 11 is 0. The van der Waals surface area contributed by atoms with Gasteiger partial charge >= 0.3 is 11.9 Å². The van der Waals surface area contributed by atoms with Crippen LogP contribution in [-0.2, 0) is 23.9 Å². The molecule has 1 aliphatic carbocycles. The van der Waals surface area contributed by atoms with Gasteiger partial charge in [0.05, 0.1) is 19.6 Å². The topological polar surface area (TPSA) is 148 Å². The van der Waals surface area contributed by atoms with Gasteiger partial charge in [0.25, 0.3) is 5.91 Å². The van der Waals surface area contributed by atoms with Gasteiger partial charge in [0.1, 0.15) is 0 Å². The van der Waals surface area contributed by atoms with Crippen molar-refractivity contribution < 1.29 is 29.0 Å². The van der Waals surface area contributed by atoms with E-state index < -0.39 is 42.3 Å². The van der Waals surface area contributed by atoms with E-state index >= 15 is 0 Å². The Bertz CT molecular complexity index is 548. The second kappa shape index (κ2) is 8.28. The van der Waals surface area contributed by atoms with E-state index in [-0.39, 0.29) is 17.4 Å². The predicted octanol–water partition coefficient (Wildman–Crippen LogP) is -0.613. The average molecular weight is 357 g/mol. The van der Waals surface area contributed by atoms with E-state index in [0.717, 1.165) is 20.0 Å². The van der Waals surface area contributed by atoms with Crippen LogP contribution in [0.25, 0.3) is 0 Å². The Kier molecular flexibility index (Phi) is 6.92. The third-order valence-electron chi connectivity index (χ3n) is 4.67. The number of methoxy groups -OCH3 is 1. The Balaban J connectivity index is 2.84. The number of aliphatic carboxylic acids is 1. The molecule has 1 saturated carbocycles. The SMILES string of the molecule is COC(=O)[C@H](NC(=O)[C@@H](N)CC(=O)O)C(=O)NC1C(C)CCC1(C)C. The number of carbonyl (C=O) groups is 4. The molecule has 0 spiro atoms. The molecule has 1 rings (SSSR count). The highest BCUT2D eigenvalue weighted by Gasteiger charge is 2.42. The molecule has 2 unspecified atom stereocenters. The monoisotopic (exact) mass is 357 g/mol. The van der Waals surface area contributed by atoms with Gasteiger partial charge in [-0.15, -0.1) is 0 Å². The van der Waals surface area contributed by atoms with Gasteiger partial charge in [0.2, 0.25) is 11.9 Å². The number of ether oxygens (including phenoxy) is 1. The Morgan fingerprint density at radius 1 is 1.28 bits per heavy atom. The Morgan fingerprint density at radius 3 is 2.32 bits per heavy atom. The lowest BCUT2D eigenvalue weighted by molar-refractivity contribution is -0.149. The fourth-order valence-electron chi connectivity index (χ4n) is 3.15. The van der Waals surface area contributed by atoms with E-state index in [9.17, 15) is 19.2 Å². The Labute approximate surface area is 146 Å². The number of esters is 1. The van der Waals surface area contributed by atoms with Gasteiger partial charge in [-0.05, 0) is 24.2 Å². The van der Waals surface area contributed by atoms with Crippen LogP contribution in [0.1, 0.15) is 40.0 Å². The van der Waals surface area contributed by atoms with Crippen LogP contribution in [0.15, 0.2) is 0 Å². The molecule has 0 heterocycles. The van der Waals surface area contributed by atoms with E-state index in [1.165, 1.54) is 0 Å². The van der Waals surface area contributed by atoms with Crippen molar-refractivity contribution in [3.05, 3.63) is 0 Å². The fraction of sp³-hybridized carbons (Fsp3) is 0.750. The largest absolute Gasteiger partial charge is 0.481 e. The standard InChI is InChI=1S/C16H27N3O6/c1-8-5-6-16(2,3)12(8)19-14(23)11(15(24)25-4)18-13(22)9(17)7-10(20)21/h8-9,11-12H,5-7,17H2,1-4H3,(H,18,22)(H,19,23)(H,20,21)/t8?,9-,11+,12?/m0/s1. The van der Waals surface area contributed by atoms with E-state index in [1.54, 1.807) is 0 Å². The third kappa shape index (κ3) is 5.42. The van der Waals surface area contributed by atoms with Crippen LogP contribution in [0.3, 0.4) is 0 Å². The zero-order valence-corrected chi connectivity index (χ0v) is 15.0. The van der Waals surface area contributed by atoms with Crippen LogP contribution in [0, 0.1) is 11.3 Å². The van der Waals surface area contributed by atoms with Gasteiger partial charge in [-0.2, -0.15) is 0 Å². The van der Waals surface area contributed by atoms with Crippen LogP contribution in [0.5, 0.6) is 0 Å². The minimum absolute atomic E-state index is 0.139. The number of hydrogen-bond donors (Lipinski definition) is 4. The summed E-state index contributed by atoms with van der Waals surface area (Å²) in [6.07, 6.45) is 1.25. The van der Waals surface area contributed by atoms with Gasteiger partial charge in [-0.25, -0.2) is 4.79 Å². The number of hydrogen-bond acceptors (Lipinski definition) is 6. The zero-order chi connectivity index (χ0) is 19.4. The molecule has 0 aromatic heterocycles. The molecule has 0 bridgehead atoms. The van der Waals surface area contributed by atoms with Crippen LogP contribution >= 0.6 is 0 Å². The molecule has 9 nitrogen and oxygen atoms in total. The first kappa shape index (κ1) is 20.9. The smallest absolute Gasteiger partial charge is 0.338 e. The van der Waals surface area contributed by atoms with E-state index in [4.69, 9.17) is 10.8 Å². The maximum atomic E-state index is 12.5. The predicted molar refractivity (Wildman–Crippen MR) is 88.3 cm³/mol. The maximum absolute atomic E-state index is 12.5. The summed E-state index contributed by atoms with van der Waals surface area (Å²) in [6, 6.07) is -3.11. The molecule has 0 aromatic carbocycles.